The quantitative estimate of drug-likeness (QED) is 0.889. The smallest absolute Gasteiger partial charge is 0.127 e. The molecule has 0 spiro atoms. The fourth-order valence-corrected chi connectivity index (χ4v) is 2.11. The Morgan fingerprint density at radius 1 is 1.24 bits per heavy atom. The number of halogens is 1. The highest BCUT2D eigenvalue weighted by Crippen LogP contribution is 2.27. The second-order valence-electron chi connectivity index (χ2n) is 5.40. The van der Waals surface area contributed by atoms with E-state index in [1.807, 2.05) is 30.3 Å². The number of rotatable bonds is 5. The van der Waals surface area contributed by atoms with Crippen molar-refractivity contribution in [2.45, 2.75) is 25.5 Å². The summed E-state index contributed by atoms with van der Waals surface area (Å²) in [6.45, 7) is 3.48. The molecule has 4 heteroatoms. The zero-order valence-corrected chi connectivity index (χ0v) is 12.2. The summed E-state index contributed by atoms with van der Waals surface area (Å²) < 4.78 is 19.0. The minimum atomic E-state index is -1.16. The van der Waals surface area contributed by atoms with Crippen molar-refractivity contribution in [2.24, 2.45) is 5.73 Å². The van der Waals surface area contributed by atoms with Crippen molar-refractivity contribution in [1.82, 2.24) is 0 Å². The maximum atomic E-state index is 13.4. The number of ether oxygens (including phenoxy) is 1. The molecule has 3 N–H and O–H groups in total. The molecule has 0 saturated carbocycles. The van der Waals surface area contributed by atoms with Crippen LogP contribution in [0.4, 0.5) is 4.39 Å². The first-order valence-corrected chi connectivity index (χ1v) is 6.86. The Morgan fingerprint density at radius 3 is 2.52 bits per heavy atom. The number of aliphatic hydroxyl groups is 1. The van der Waals surface area contributed by atoms with E-state index in [-0.39, 0.29) is 12.6 Å². The number of nitrogens with two attached hydrogens (primary N) is 1. The van der Waals surface area contributed by atoms with Crippen LogP contribution >= 0.6 is 0 Å². The SMILES string of the molecule is CC(N)c1ccc(F)cc1OCC(C)(O)c1ccccc1. The Hall–Kier alpha value is -1.91. The van der Waals surface area contributed by atoms with E-state index in [0.29, 0.717) is 11.3 Å². The molecule has 2 aromatic carbocycles. The van der Waals surface area contributed by atoms with Gasteiger partial charge in [0.05, 0.1) is 0 Å². The van der Waals surface area contributed by atoms with Gasteiger partial charge in [0.2, 0.25) is 0 Å². The molecular formula is C17H20FNO2. The van der Waals surface area contributed by atoms with E-state index in [1.165, 1.54) is 12.1 Å². The lowest BCUT2D eigenvalue weighted by molar-refractivity contribution is 0.00711. The highest BCUT2D eigenvalue weighted by atomic mass is 19.1. The van der Waals surface area contributed by atoms with Crippen molar-refractivity contribution in [3.63, 3.8) is 0 Å². The minimum Gasteiger partial charge on any atom is -0.490 e. The number of benzene rings is 2. The molecule has 21 heavy (non-hydrogen) atoms. The molecule has 0 aromatic heterocycles. The van der Waals surface area contributed by atoms with Crippen LogP contribution in [0.3, 0.4) is 0 Å². The number of hydrogen-bond acceptors (Lipinski definition) is 3. The average molecular weight is 289 g/mol. The summed E-state index contributed by atoms with van der Waals surface area (Å²) in [6, 6.07) is 13.2. The van der Waals surface area contributed by atoms with Crippen molar-refractivity contribution < 1.29 is 14.2 Å². The predicted octanol–water partition coefficient (Wildman–Crippen LogP) is 3.13. The van der Waals surface area contributed by atoms with Crippen molar-refractivity contribution in [3.8, 4) is 5.75 Å². The standard InChI is InChI=1S/C17H20FNO2/c1-12(19)15-9-8-14(18)10-16(15)21-11-17(2,20)13-6-4-3-5-7-13/h3-10,12,20H,11,19H2,1-2H3. The summed E-state index contributed by atoms with van der Waals surface area (Å²) in [5.41, 5.74) is 6.13. The molecule has 0 saturated heterocycles. The van der Waals surface area contributed by atoms with Crippen LogP contribution in [-0.4, -0.2) is 11.7 Å². The Bertz CT molecular complexity index is 597. The van der Waals surface area contributed by atoms with Crippen molar-refractivity contribution in [1.29, 1.82) is 0 Å². The van der Waals surface area contributed by atoms with E-state index in [4.69, 9.17) is 10.5 Å². The van der Waals surface area contributed by atoms with Crippen LogP contribution in [0.25, 0.3) is 0 Å². The van der Waals surface area contributed by atoms with Crippen molar-refractivity contribution in [2.75, 3.05) is 6.61 Å². The van der Waals surface area contributed by atoms with Crippen LogP contribution < -0.4 is 10.5 Å². The van der Waals surface area contributed by atoms with Crippen molar-refractivity contribution >= 4 is 0 Å². The van der Waals surface area contributed by atoms with Gasteiger partial charge in [0.15, 0.2) is 0 Å². The highest BCUT2D eigenvalue weighted by molar-refractivity contribution is 5.36. The van der Waals surface area contributed by atoms with E-state index < -0.39 is 11.4 Å². The van der Waals surface area contributed by atoms with Gasteiger partial charge in [-0.25, -0.2) is 4.39 Å². The van der Waals surface area contributed by atoms with Crippen molar-refractivity contribution in [3.05, 3.63) is 65.5 Å². The van der Waals surface area contributed by atoms with E-state index in [1.54, 1.807) is 19.9 Å². The summed E-state index contributed by atoms with van der Waals surface area (Å²) >= 11 is 0. The maximum absolute atomic E-state index is 13.4. The molecule has 0 heterocycles. The molecule has 2 rings (SSSR count). The van der Waals surface area contributed by atoms with E-state index in [2.05, 4.69) is 0 Å². The molecule has 2 atom stereocenters. The largest absolute Gasteiger partial charge is 0.490 e. The Kier molecular flexibility index (Phi) is 4.60. The molecular weight excluding hydrogens is 269 g/mol. The average Bonchev–Trinajstić information content (AvgIpc) is 2.46. The molecule has 0 bridgehead atoms. The number of hydrogen-bond donors (Lipinski definition) is 2. The maximum Gasteiger partial charge on any atom is 0.127 e. The fourth-order valence-electron chi connectivity index (χ4n) is 2.11. The van der Waals surface area contributed by atoms with Gasteiger partial charge in [-0.05, 0) is 25.5 Å². The highest BCUT2D eigenvalue weighted by Gasteiger charge is 2.24. The van der Waals surface area contributed by atoms with Gasteiger partial charge in [-0.2, -0.15) is 0 Å². The molecule has 0 amide bonds. The van der Waals surface area contributed by atoms with Gasteiger partial charge < -0.3 is 15.6 Å². The third kappa shape index (κ3) is 3.80. The van der Waals surface area contributed by atoms with Crippen LogP contribution in [0.2, 0.25) is 0 Å². The Balaban J connectivity index is 2.18. The van der Waals surface area contributed by atoms with Gasteiger partial charge in [-0.3, -0.25) is 0 Å². The third-order valence-electron chi connectivity index (χ3n) is 3.37. The molecule has 0 aliphatic carbocycles. The summed E-state index contributed by atoms with van der Waals surface area (Å²) in [7, 11) is 0. The summed E-state index contributed by atoms with van der Waals surface area (Å²) in [4.78, 5) is 0. The minimum absolute atomic E-state index is 0.0141. The van der Waals surface area contributed by atoms with Crippen LogP contribution in [0, 0.1) is 5.82 Å². The van der Waals surface area contributed by atoms with E-state index in [0.717, 1.165) is 5.56 Å². The molecule has 0 fully saturated rings. The lowest BCUT2D eigenvalue weighted by Gasteiger charge is -2.25. The Morgan fingerprint density at radius 2 is 1.90 bits per heavy atom. The molecule has 0 aliphatic heterocycles. The molecule has 112 valence electrons. The second-order valence-corrected chi connectivity index (χ2v) is 5.40. The van der Waals surface area contributed by atoms with Crippen LogP contribution in [-0.2, 0) is 5.60 Å². The summed E-state index contributed by atoms with van der Waals surface area (Å²) in [6.07, 6.45) is 0. The van der Waals surface area contributed by atoms with Gasteiger partial charge in [-0.15, -0.1) is 0 Å². The molecule has 2 aromatic rings. The zero-order chi connectivity index (χ0) is 15.5. The molecule has 0 radical (unpaired) electrons. The lowest BCUT2D eigenvalue weighted by Crippen LogP contribution is -2.29. The fraction of sp³-hybridized carbons (Fsp3) is 0.294. The summed E-state index contributed by atoms with van der Waals surface area (Å²) in [5, 5.41) is 10.5. The topological polar surface area (TPSA) is 55.5 Å². The molecule has 0 aliphatic rings. The summed E-state index contributed by atoms with van der Waals surface area (Å²) in [5.74, 6) is -0.0324. The van der Waals surface area contributed by atoms with E-state index >= 15 is 0 Å². The Labute approximate surface area is 124 Å². The second kappa shape index (κ2) is 6.24. The molecule has 3 nitrogen and oxygen atoms in total. The van der Waals surface area contributed by atoms with Gasteiger partial charge in [-0.1, -0.05) is 36.4 Å². The monoisotopic (exact) mass is 289 g/mol. The van der Waals surface area contributed by atoms with E-state index in [9.17, 15) is 9.50 Å². The van der Waals surface area contributed by atoms with Crippen LogP contribution in [0.15, 0.2) is 48.5 Å². The van der Waals surface area contributed by atoms with Gasteiger partial charge in [0, 0.05) is 17.7 Å². The lowest BCUT2D eigenvalue weighted by atomic mass is 9.97. The first-order chi connectivity index (χ1) is 9.90. The third-order valence-corrected chi connectivity index (χ3v) is 3.37. The van der Waals surface area contributed by atoms with Gasteiger partial charge in [0.1, 0.15) is 23.8 Å². The first-order valence-electron chi connectivity index (χ1n) is 6.86. The van der Waals surface area contributed by atoms with Crippen LogP contribution in [0.1, 0.15) is 31.0 Å². The first kappa shape index (κ1) is 15.5. The molecule has 2 unspecified atom stereocenters. The van der Waals surface area contributed by atoms with Crippen LogP contribution in [0.5, 0.6) is 5.75 Å². The van der Waals surface area contributed by atoms with Gasteiger partial charge in [0.25, 0.3) is 0 Å². The van der Waals surface area contributed by atoms with Gasteiger partial charge >= 0.3 is 0 Å². The zero-order valence-electron chi connectivity index (χ0n) is 12.2. The normalized spacial score (nSPS) is 15.3. The predicted molar refractivity (Wildman–Crippen MR) is 80.5 cm³/mol.